The van der Waals surface area contributed by atoms with Gasteiger partial charge in [-0.25, -0.2) is 14.8 Å². The normalized spacial score (nSPS) is 10.8. The Morgan fingerprint density at radius 3 is 2.73 bits per heavy atom. The summed E-state index contributed by atoms with van der Waals surface area (Å²) in [5, 5.41) is 3.89. The molecule has 130 valence electrons. The van der Waals surface area contributed by atoms with Gasteiger partial charge in [-0.2, -0.15) is 0 Å². The van der Waals surface area contributed by atoms with Crippen molar-refractivity contribution in [2.75, 3.05) is 5.32 Å². The zero-order valence-electron chi connectivity index (χ0n) is 13.3. The van der Waals surface area contributed by atoms with E-state index in [2.05, 4.69) is 31.2 Å². The molecule has 0 unspecified atom stereocenters. The smallest absolute Gasteiger partial charge is 0.336 e. The number of nitrogens with two attached hydrogens (primary N) is 1. The van der Waals surface area contributed by atoms with Crippen LogP contribution in [0.1, 0.15) is 0 Å². The Morgan fingerprint density at radius 1 is 1.12 bits per heavy atom. The SMILES string of the molecule is NC(=O)/C=C/C(=O)Oc1ccc2ncnc(Nc3cccc(Br)c3)c2c1. The highest BCUT2D eigenvalue weighted by Crippen LogP contribution is 2.27. The third kappa shape index (κ3) is 4.42. The zero-order valence-corrected chi connectivity index (χ0v) is 14.9. The third-order valence-corrected chi connectivity index (χ3v) is 3.79. The van der Waals surface area contributed by atoms with Crippen LogP contribution in [0, 0.1) is 0 Å². The summed E-state index contributed by atoms with van der Waals surface area (Å²) in [7, 11) is 0. The van der Waals surface area contributed by atoms with Crippen molar-refractivity contribution < 1.29 is 14.3 Å². The number of esters is 1. The molecule has 0 saturated heterocycles. The number of ether oxygens (including phenoxy) is 1. The van der Waals surface area contributed by atoms with Gasteiger partial charge in [0.05, 0.1) is 5.52 Å². The number of fused-ring (bicyclic) bond motifs is 1. The van der Waals surface area contributed by atoms with Crippen molar-refractivity contribution in [3.8, 4) is 5.75 Å². The van der Waals surface area contributed by atoms with Crippen molar-refractivity contribution >= 4 is 50.2 Å². The van der Waals surface area contributed by atoms with Crippen LogP contribution in [0.15, 0.2) is 65.4 Å². The van der Waals surface area contributed by atoms with Gasteiger partial charge in [0.2, 0.25) is 5.91 Å². The van der Waals surface area contributed by atoms with E-state index in [0.29, 0.717) is 22.5 Å². The molecule has 1 heterocycles. The molecular formula is C18H13BrN4O3. The first-order valence-corrected chi connectivity index (χ1v) is 8.27. The van der Waals surface area contributed by atoms with Crippen LogP contribution in [0.3, 0.4) is 0 Å². The standard InChI is InChI=1S/C18H13BrN4O3/c19-11-2-1-3-12(8-11)23-18-14-9-13(4-5-15(14)21-10-22-18)26-17(25)7-6-16(20)24/h1-10H,(H2,20,24)(H,21,22,23)/b7-6+. The number of amides is 1. The van der Waals surface area contributed by atoms with Crippen LogP contribution >= 0.6 is 15.9 Å². The van der Waals surface area contributed by atoms with Gasteiger partial charge in [-0.05, 0) is 36.4 Å². The number of nitrogens with zero attached hydrogens (tertiary/aromatic N) is 2. The van der Waals surface area contributed by atoms with Crippen molar-refractivity contribution in [3.63, 3.8) is 0 Å². The lowest BCUT2D eigenvalue weighted by Crippen LogP contribution is -2.09. The van der Waals surface area contributed by atoms with Gasteiger partial charge in [-0.1, -0.05) is 22.0 Å². The van der Waals surface area contributed by atoms with E-state index >= 15 is 0 Å². The van der Waals surface area contributed by atoms with Crippen LogP contribution in [0.2, 0.25) is 0 Å². The minimum absolute atomic E-state index is 0.295. The zero-order chi connectivity index (χ0) is 18.5. The number of hydrogen-bond acceptors (Lipinski definition) is 6. The van der Waals surface area contributed by atoms with Crippen LogP contribution in [-0.4, -0.2) is 21.8 Å². The molecule has 3 N–H and O–H groups in total. The highest BCUT2D eigenvalue weighted by molar-refractivity contribution is 9.10. The maximum Gasteiger partial charge on any atom is 0.336 e. The second-order valence-corrected chi connectivity index (χ2v) is 6.11. The quantitative estimate of drug-likeness (QED) is 0.378. The second-order valence-electron chi connectivity index (χ2n) is 5.19. The first kappa shape index (κ1) is 17.6. The molecule has 0 aliphatic heterocycles. The number of nitrogens with one attached hydrogen (secondary N) is 1. The van der Waals surface area contributed by atoms with Crippen molar-refractivity contribution in [2.24, 2.45) is 5.73 Å². The highest BCUT2D eigenvalue weighted by Gasteiger charge is 2.08. The molecule has 0 aliphatic rings. The van der Waals surface area contributed by atoms with Crippen LogP contribution in [-0.2, 0) is 9.59 Å². The Morgan fingerprint density at radius 2 is 1.96 bits per heavy atom. The summed E-state index contributed by atoms with van der Waals surface area (Å²) < 4.78 is 6.10. The number of halogens is 1. The summed E-state index contributed by atoms with van der Waals surface area (Å²) in [6, 6.07) is 12.6. The lowest BCUT2D eigenvalue weighted by atomic mass is 10.2. The average Bonchev–Trinajstić information content (AvgIpc) is 2.60. The molecule has 0 spiro atoms. The van der Waals surface area contributed by atoms with E-state index in [1.165, 1.54) is 6.33 Å². The Labute approximate surface area is 157 Å². The maximum absolute atomic E-state index is 11.7. The van der Waals surface area contributed by atoms with Gasteiger partial charge in [0.1, 0.15) is 17.9 Å². The summed E-state index contributed by atoms with van der Waals surface area (Å²) in [5.74, 6) is -0.571. The highest BCUT2D eigenvalue weighted by atomic mass is 79.9. The van der Waals surface area contributed by atoms with Crippen molar-refractivity contribution in [2.45, 2.75) is 0 Å². The second kappa shape index (κ2) is 7.75. The number of anilines is 2. The number of hydrogen-bond donors (Lipinski definition) is 2. The van der Waals surface area contributed by atoms with E-state index in [1.54, 1.807) is 18.2 Å². The predicted octanol–water partition coefficient (Wildman–Crippen LogP) is 3.08. The molecule has 0 atom stereocenters. The van der Waals surface area contributed by atoms with Gasteiger partial charge >= 0.3 is 5.97 Å². The molecule has 1 aromatic heterocycles. The summed E-state index contributed by atoms with van der Waals surface area (Å²) >= 11 is 3.42. The molecule has 0 radical (unpaired) electrons. The van der Waals surface area contributed by atoms with Gasteiger partial charge in [0, 0.05) is 27.7 Å². The summed E-state index contributed by atoms with van der Waals surface area (Å²) in [5.41, 5.74) is 6.47. The monoisotopic (exact) mass is 412 g/mol. The largest absolute Gasteiger partial charge is 0.423 e. The van der Waals surface area contributed by atoms with Gasteiger partial charge in [-0.3, -0.25) is 4.79 Å². The van der Waals surface area contributed by atoms with Crippen LogP contribution in [0.5, 0.6) is 5.75 Å². The number of benzene rings is 2. The number of carbonyl (C=O) groups excluding carboxylic acids is 2. The summed E-state index contributed by atoms with van der Waals surface area (Å²) in [4.78, 5) is 30.8. The van der Waals surface area contributed by atoms with E-state index < -0.39 is 11.9 Å². The topological polar surface area (TPSA) is 107 Å². The first-order chi connectivity index (χ1) is 12.5. The van der Waals surface area contributed by atoms with Crippen molar-refractivity contribution in [1.82, 2.24) is 9.97 Å². The third-order valence-electron chi connectivity index (χ3n) is 3.30. The number of aromatic nitrogens is 2. The Bertz CT molecular complexity index is 1020. The molecule has 3 rings (SSSR count). The fourth-order valence-electron chi connectivity index (χ4n) is 2.20. The molecule has 8 heteroatoms. The Balaban J connectivity index is 1.90. The lowest BCUT2D eigenvalue weighted by Gasteiger charge is -2.10. The minimum atomic E-state index is -0.727. The number of rotatable bonds is 5. The van der Waals surface area contributed by atoms with Crippen molar-refractivity contribution in [1.29, 1.82) is 0 Å². The van der Waals surface area contributed by atoms with Crippen LogP contribution in [0.4, 0.5) is 11.5 Å². The Hall–Kier alpha value is -3.26. The van der Waals surface area contributed by atoms with Gasteiger partial charge < -0.3 is 15.8 Å². The van der Waals surface area contributed by atoms with E-state index in [0.717, 1.165) is 22.3 Å². The molecule has 7 nitrogen and oxygen atoms in total. The van der Waals surface area contributed by atoms with Crippen LogP contribution < -0.4 is 15.8 Å². The fraction of sp³-hybridized carbons (Fsp3) is 0. The average molecular weight is 413 g/mol. The van der Waals surface area contributed by atoms with E-state index in [-0.39, 0.29) is 0 Å². The molecule has 0 saturated carbocycles. The maximum atomic E-state index is 11.7. The minimum Gasteiger partial charge on any atom is -0.423 e. The molecule has 2 aromatic carbocycles. The molecule has 3 aromatic rings. The molecule has 0 fully saturated rings. The number of primary amides is 1. The Kier molecular flexibility index (Phi) is 5.23. The lowest BCUT2D eigenvalue weighted by molar-refractivity contribution is -0.129. The van der Waals surface area contributed by atoms with Crippen LogP contribution in [0.25, 0.3) is 10.9 Å². The molecule has 0 aliphatic carbocycles. The van der Waals surface area contributed by atoms with Gasteiger partial charge in [0.15, 0.2) is 0 Å². The van der Waals surface area contributed by atoms with E-state index in [9.17, 15) is 9.59 Å². The molecule has 0 bridgehead atoms. The van der Waals surface area contributed by atoms with Gasteiger partial charge in [0.25, 0.3) is 0 Å². The van der Waals surface area contributed by atoms with E-state index in [4.69, 9.17) is 10.5 Å². The van der Waals surface area contributed by atoms with Crippen molar-refractivity contribution in [3.05, 3.63) is 65.4 Å². The predicted molar refractivity (Wildman–Crippen MR) is 101 cm³/mol. The fourth-order valence-corrected chi connectivity index (χ4v) is 2.60. The first-order valence-electron chi connectivity index (χ1n) is 7.48. The summed E-state index contributed by atoms with van der Waals surface area (Å²) in [6.07, 6.45) is 3.35. The number of carbonyl (C=O) groups is 2. The molecule has 1 amide bonds. The molecule has 26 heavy (non-hydrogen) atoms. The summed E-state index contributed by atoms with van der Waals surface area (Å²) in [6.45, 7) is 0. The van der Waals surface area contributed by atoms with E-state index in [1.807, 2.05) is 24.3 Å². The molecular weight excluding hydrogens is 400 g/mol. The van der Waals surface area contributed by atoms with Gasteiger partial charge in [-0.15, -0.1) is 0 Å².